The van der Waals surface area contributed by atoms with Crippen LogP contribution in [0.15, 0.2) is 12.2 Å². The number of carbonyl (C=O) groups excluding carboxylic acids is 4. The normalized spacial score (nSPS) is 14.0. The Bertz CT molecular complexity index is 507. The Morgan fingerprint density at radius 3 is 1.50 bits per heavy atom. The third-order valence-corrected chi connectivity index (χ3v) is 3.00. The van der Waals surface area contributed by atoms with E-state index in [1.165, 1.54) is 6.92 Å². The first-order valence-electron chi connectivity index (χ1n) is 7.08. The van der Waals surface area contributed by atoms with Crippen molar-refractivity contribution < 1.29 is 34.5 Å². The van der Waals surface area contributed by atoms with Crippen LogP contribution < -0.4 is 16.0 Å². The number of nitrogens with one attached hydrogen (secondary N) is 3. The average molecular weight is 345 g/mol. The first-order valence-corrected chi connectivity index (χ1v) is 7.08. The lowest BCUT2D eigenvalue weighted by molar-refractivity contribution is -0.134. The Morgan fingerprint density at radius 2 is 1.17 bits per heavy atom. The van der Waals surface area contributed by atoms with E-state index in [2.05, 4.69) is 22.5 Å². The highest BCUT2D eigenvalue weighted by atomic mass is 16.3. The van der Waals surface area contributed by atoms with Crippen LogP contribution in [0.4, 0.5) is 0 Å². The summed E-state index contributed by atoms with van der Waals surface area (Å²) in [7, 11) is 0. The van der Waals surface area contributed by atoms with E-state index < -0.39 is 61.5 Å². The maximum Gasteiger partial charge on any atom is 0.247 e. The minimum atomic E-state index is -1.43. The predicted molar refractivity (Wildman–Crippen MR) is 82.5 cm³/mol. The molecular formula is C14H23N3O7. The maximum atomic E-state index is 12.0. The summed E-state index contributed by atoms with van der Waals surface area (Å²) in [5, 5.41) is 33.8. The van der Waals surface area contributed by atoms with Crippen molar-refractivity contribution in [1.82, 2.24) is 16.0 Å². The van der Waals surface area contributed by atoms with Gasteiger partial charge in [-0.3, -0.25) is 19.2 Å². The summed E-state index contributed by atoms with van der Waals surface area (Å²) in [4.78, 5) is 46.5. The molecule has 0 aromatic heterocycles. The van der Waals surface area contributed by atoms with E-state index in [0.717, 1.165) is 6.92 Å². The molecule has 0 rings (SSSR count). The van der Waals surface area contributed by atoms with Gasteiger partial charge in [-0.2, -0.15) is 0 Å². The van der Waals surface area contributed by atoms with E-state index in [1.807, 2.05) is 0 Å². The van der Waals surface area contributed by atoms with Crippen molar-refractivity contribution in [2.45, 2.75) is 32.0 Å². The molecule has 3 unspecified atom stereocenters. The second kappa shape index (κ2) is 10.5. The summed E-state index contributed by atoms with van der Waals surface area (Å²) >= 11 is 0. The minimum absolute atomic E-state index is 0.116. The molecule has 0 aromatic rings. The Balaban J connectivity index is 4.86. The molecule has 0 radical (unpaired) electrons. The molecule has 0 saturated heterocycles. The van der Waals surface area contributed by atoms with Crippen molar-refractivity contribution in [1.29, 1.82) is 0 Å². The van der Waals surface area contributed by atoms with E-state index in [1.54, 1.807) is 0 Å². The minimum Gasteiger partial charge on any atom is -0.394 e. The molecule has 0 spiro atoms. The van der Waals surface area contributed by atoms with Crippen molar-refractivity contribution in [3.63, 3.8) is 0 Å². The van der Waals surface area contributed by atoms with Gasteiger partial charge in [-0.1, -0.05) is 6.58 Å². The first-order chi connectivity index (χ1) is 11.2. The summed E-state index contributed by atoms with van der Waals surface area (Å²) in [5.74, 6) is -2.98. The standard InChI is InChI=1S/C14H23N3O7/c1-7(2)12(22)16-10(5-19)14(24)17-11(6-20)13(23)15-9(4-18)8(3)21/h9-11,18-20H,1,4-6H2,2-3H3,(H,15,23)(H,16,22)(H,17,24). The van der Waals surface area contributed by atoms with Crippen LogP contribution in [0.2, 0.25) is 0 Å². The lowest BCUT2D eigenvalue weighted by Crippen LogP contribution is -2.58. The molecule has 0 heterocycles. The van der Waals surface area contributed by atoms with Gasteiger partial charge in [0.15, 0.2) is 5.78 Å². The monoisotopic (exact) mass is 345 g/mol. The van der Waals surface area contributed by atoms with Crippen LogP contribution in [0.3, 0.4) is 0 Å². The van der Waals surface area contributed by atoms with Crippen LogP contribution >= 0.6 is 0 Å². The summed E-state index contributed by atoms with van der Waals surface area (Å²) in [6.07, 6.45) is 0. The lowest BCUT2D eigenvalue weighted by Gasteiger charge is -2.22. The molecule has 0 aliphatic rings. The van der Waals surface area contributed by atoms with Crippen LogP contribution in [0.5, 0.6) is 0 Å². The lowest BCUT2D eigenvalue weighted by atomic mass is 10.2. The molecule has 136 valence electrons. The maximum absolute atomic E-state index is 12.0. The molecule has 0 aromatic carbocycles. The van der Waals surface area contributed by atoms with Crippen molar-refractivity contribution in [2.24, 2.45) is 0 Å². The summed E-state index contributed by atoms with van der Waals surface area (Å²) in [5.41, 5.74) is 0.116. The third kappa shape index (κ3) is 6.86. The van der Waals surface area contributed by atoms with Crippen molar-refractivity contribution in [2.75, 3.05) is 19.8 Å². The fourth-order valence-electron chi connectivity index (χ4n) is 1.49. The molecule has 10 heteroatoms. The van der Waals surface area contributed by atoms with E-state index in [0.29, 0.717) is 0 Å². The van der Waals surface area contributed by atoms with E-state index in [-0.39, 0.29) is 5.57 Å². The van der Waals surface area contributed by atoms with Gasteiger partial charge in [0.05, 0.1) is 19.8 Å². The Labute approximate surface area is 138 Å². The second-order valence-corrected chi connectivity index (χ2v) is 5.09. The van der Waals surface area contributed by atoms with E-state index >= 15 is 0 Å². The largest absolute Gasteiger partial charge is 0.394 e. The summed E-state index contributed by atoms with van der Waals surface area (Å²) in [6, 6.07) is -3.95. The second-order valence-electron chi connectivity index (χ2n) is 5.09. The number of Topliss-reactive ketones (excluding diaryl/α,β-unsaturated/α-hetero) is 1. The molecule has 3 atom stereocenters. The van der Waals surface area contributed by atoms with Gasteiger partial charge >= 0.3 is 0 Å². The van der Waals surface area contributed by atoms with Crippen LogP contribution in [0.25, 0.3) is 0 Å². The first kappa shape index (κ1) is 21.7. The molecule has 6 N–H and O–H groups in total. The summed E-state index contributed by atoms with van der Waals surface area (Å²) < 4.78 is 0. The number of rotatable bonds is 10. The zero-order chi connectivity index (χ0) is 18.9. The zero-order valence-electron chi connectivity index (χ0n) is 13.5. The molecule has 0 aliphatic carbocycles. The predicted octanol–water partition coefficient (Wildman–Crippen LogP) is -3.42. The van der Waals surface area contributed by atoms with Crippen molar-refractivity contribution in [3.05, 3.63) is 12.2 Å². The highest BCUT2D eigenvalue weighted by molar-refractivity contribution is 5.97. The van der Waals surface area contributed by atoms with Gasteiger partial charge in [0.2, 0.25) is 17.7 Å². The van der Waals surface area contributed by atoms with E-state index in [4.69, 9.17) is 10.2 Å². The molecule has 0 bridgehead atoms. The summed E-state index contributed by atoms with van der Waals surface area (Å²) in [6.45, 7) is 3.77. The van der Waals surface area contributed by atoms with Crippen molar-refractivity contribution in [3.8, 4) is 0 Å². The number of ketones is 1. The zero-order valence-corrected chi connectivity index (χ0v) is 13.5. The fraction of sp³-hybridized carbons (Fsp3) is 0.571. The van der Waals surface area contributed by atoms with Crippen LogP contribution in [-0.4, -0.2) is 76.8 Å². The molecule has 0 fully saturated rings. The molecular weight excluding hydrogens is 322 g/mol. The molecule has 24 heavy (non-hydrogen) atoms. The smallest absolute Gasteiger partial charge is 0.247 e. The van der Waals surface area contributed by atoms with Gasteiger partial charge < -0.3 is 31.3 Å². The third-order valence-electron chi connectivity index (χ3n) is 3.00. The van der Waals surface area contributed by atoms with Gasteiger partial charge in [0.1, 0.15) is 18.1 Å². The van der Waals surface area contributed by atoms with Gasteiger partial charge in [0, 0.05) is 5.57 Å². The molecule has 10 nitrogen and oxygen atoms in total. The highest BCUT2D eigenvalue weighted by Gasteiger charge is 2.27. The van der Waals surface area contributed by atoms with Gasteiger partial charge in [-0.05, 0) is 13.8 Å². The topological polar surface area (TPSA) is 165 Å². The number of amides is 3. The number of carbonyl (C=O) groups is 4. The van der Waals surface area contributed by atoms with Crippen LogP contribution in [-0.2, 0) is 19.2 Å². The number of hydrogen-bond donors (Lipinski definition) is 6. The number of aliphatic hydroxyl groups excluding tert-OH is 3. The van der Waals surface area contributed by atoms with Gasteiger partial charge in [-0.15, -0.1) is 0 Å². The Hall–Kier alpha value is -2.30. The molecule has 3 amide bonds. The van der Waals surface area contributed by atoms with Crippen molar-refractivity contribution >= 4 is 23.5 Å². The number of hydrogen-bond acceptors (Lipinski definition) is 7. The number of aliphatic hydroxyl groups is 3. The Kier molecular flexibility index (Phi) is 9.47. The van der Waals surface area contributed by atoms with E-state index in [9.17, 15) is 24.3 Å². The molecule has 0 saturated carbocycles. The van der Waals surface area contributed by atoms with Gasteiger partial charge in [0.25, 0.3) is 0 Å². The quantitative estimate of drug-likeness (QED) is 0.224. The molecule has 0 aliphatic heterocycles. The average Bonchev–Trinajstić information content (AvgIpc) is 2.53. The van der Waals surface area contributed by atoms with Crippen LogP contribution in [0, 0.1) is 0 Å². The van der Waals surface area contributed by atoms with Gasteiger partial charge in [-0.25, -0.2) is 0 Å². The SMILES string of the molecule is C=C(C)C(=O)NC(CO)C(=O)NC(CO)C(=O)NC(CO)C(C)=O. The van der Waals surface area contributed by atoms with Crippen LogP contribution in [0.1, 0.15) is 13.8 Å². The Morgan fingerprint density at radius 1 is 0.792 bits per heavy atom. The fourth-order valence-corrected chi connectivity index (χ4v) is 1.49. The highest BCUT2D eigenvalue weighted by Crippen LogP contribution is 1.94.